The predicted octanol–water partition coefficient (Wildman–Crippen LogP) is 3.18. The summed E-state index contributed by atoms with van der Waals surface area (Å²) in [7, 11) is -1.15. The highest BCUT2D eigenvalue weighted by Gasteiger charge is 2.13. The molecule has 1 aliphatic rings. The Balaban J connectivity index is 1.75. The number of aryl methyl sites for hydroxylation is 2. The third-order valence-electron chi connectivity index (χ3n) is 3.82. The molecule has 0 aromatic heterocycles. The van der Waals surface area contributed by atoms with Crippen molar-refractivity contribution in [3.05, 3.63) is 64.7 Å². The largest absolute Gasteiger partial charge is 0.478 e. The predicted molar refractivity (Wildman–Crippen MR) is 82.0 cm³/mol. The molecular weight excluding hydrogens is 284 g/mol. The summed E-state index contributed by atoms with van der Waals surface area (Å²) in [6, 6.07) is 12.6. The lowest BCUT2D eigenvalue weighted by Crippen LogP contribution is -2.00. The molecule has 21 heavy (non-hydrogen) atoms. The van der Waals surface area contributed by atoms with Crippen LogP contribution in [-0.4, -0.2) is 15.3 Å². The normalized spacial score (nSPS) is 14.7. The van der Waals surface area contributed by atoms with E-state index in [9.17, 15) is 9.00 Å². The SMILES string of the molecule is O=C(O)c1ccc(S(=O)Cc2ccc3c(c2)CCC3)cc1. The molecule has 0 spiro atoms. The van der Waals surface area contributed by atoms with Gasteiger partial charge in [0.05, 0.1) is 22.1 Å². The van der Waals surface area contributed by atoms with Gasteiger partial charge in [-0.25, -0.2) is 4.79 Å². The molecule has 1 N–H and O–H groups in total. The molecule has 108 valence electrons. The quantitative estimate of drug-likeness (QED) is 0.943. The second-order valence-electron chi connectivity index (χ2n) is 5.28. The fourth-order valence-electron chi connectivity index (χ4n) is 2.70. The van der Waals surface area contributed by atoms with Crippen molar-refractivity contribution in [3.8, 4) is 0 Å². The molecule has 1 unspecified atom stereocenters. The van der Waals surface area contributed by atoms with Crippen molar-refractivity contribution in [1.82, 2.24) is 0 Å². The van der Waals surface area contributed by atoms with Gasteiger partial charge in [-0.1, -0.05) is 18.2 Å². The van der Waals surface area contributed by atoms with Crippen molar-refractivity contribution < 1.29 is 14.1 Å². The zero-order chi connectivity index (χ0) is 14.8. The van der Waals surface area contributed by atoms with E-state index < -0.39 is 16.8 Å². The van der Waals surface area contributed by atoms with Crippen LogP contribution in [0, 0.1) is 0 Å². The number of hydrogen-bond acceptors (Lipinski definition) is 2. The summed E-state index contributed by atoms with van der Waals surface area (Å²) in [5.74, 6) is -0.495. The Kier molecular flexibility index (Phi) is 3.88. The highest BCUT2D eigenvalue weighted by molar-refractivity contribution is 7.84. The van der Waals surface area contributed by atoms with Gasteiger partial charge in [-0.2, -0.15) is 0 Å². The first kappa shape index (κ1) is 14.0. The van der Waals surface area contributed by atoms with E-state index in [-0.39, 0.29) is 5.56 Å². The molecule has 1 aliphatic carbocycles. The lowest BCUT2D eigenvalue weighted by molar-refractivity contribution is 0.0697. The Labute approximate surface area is 126 Å². The standard InChI is InChI=1S/C17H16O3S/c18-17(19)14-6-8-16(9-7-14)21(20)11-12-4-5-13-2-1-3-15(13)10-12/h4-10H,1-3,11H2,(H,18,19). The minimum absolute atomic E-state index is 0.216. The molecule has 0 saturated heterocycles. The molecule has 1 atom stereocenters. The van der Waals surface area contributed by atoms with Crippen LogP contribution in [-0.2, 0) is 29.4 Å². The summed E-state index contributed by atoms with van der Waals surface area (Å²) in [6.45, 7) is 0. The fraction of sp³-hybridized carbons (Fsp3) is 0.235. The first-order valence-corrected chi connectivity index (χ1v) is 8.28. The minimum atomic E-state index is -1.15. The van der Waals surface area contributed by atoms with Crippen LogP contribution in [0.3, 0.4) is 0 Å². The van der Waals surface area contributed by atoms with Gasteiger partial charge < -0.3 is 5.11 Å². The molecule has 0 radical (unpaired) electrons. The van der Waals surface area contributed by atoms with Crippen LogP contribution in [0.1, 0.15) is 33.5 Å². The zero-order valence-corrected chi connectivity index (χ0v) is 12.4. The number of carboxylic acids is 1. The Morgan fingerprint density at radius 2 is 1.76 bits per heavy atom. The fourth-order valence-corrected chi connectivity index (χ4v) is 3.79. The number of fused-ring (bicyclic) bond motifs is 1. The molecular formula is C17H16O3S. The van der Waals surface area contributed by atoms with E-state index in [4.69, 9.17) is 5.11 Å². The van der Waals surface area contributed by atoms with Crippen LogP contribution in [0.2, 0.25) is 0 Å². The highest BCUT2D eigenvalue weighted by atomic mass is 32.2. The number of hydrogen-bond donors (Lipinski definition) is 1. The molecule has 0 heterocycles. The molecule has 0 fully saturated rings. The van der Waals surface area contributed by atoms with Crippen molar-refractivity contribution >= 4 is 16.8 Å². The monoisotopic (exact) mass is 300 g/mol. The van der Waals surface area contributed by atoms with E-state index in [1.165, 1.54) is 29.7 Å². The molecule has 0 bridgehead atoms. The van der Waals surface area contributed by atoms with E-state index in [0.717, 1.165) is 18.4 Å². The van der Waals surface area contributed by atoms with Gasteiger partial charge in [-0.15, -0.1) is 0 Å². The third-order valence-corrected chi connectivity index (χ3v) is 5.22. The third kappa shape index (κ3) is 3.05. The van der Waals surface area contributed by atoms with Gasteiger partial charge in [0, 0.05) is 4.90 Å². The van der Waals surface area contributed by atoms with Crippen molar-refractivity contribution in [2.75, 3.05) is 0 Å². The zero-order valence-electron chi connectivity index (χ0n) is 11.5. The maximum Gasteiger partial charge on any atom is 0.335 e. The molecule has 0 aliphatic heterocycles. The summed E-state index contributed by atoms with van der Waals surface area (Å²) < 4.78 is 12.4. The van der Waals surface area contributed by atoms with E-state index in [0.29, 0.717) is 10.6 Å². The van der Waals surface area contributed by atoms with Gasteiger partial charge in [0.1, 0.15) is 0 Å². The van der Waals surface area contributed by atoms with Crippen LogP contribution >= 0.6 is 0 Å². The summed E-state index contributed by atoms with van der Waals surface area (Å²) in [6.07, 6.45) is 3.47. The van der Waals surface area contributed by atoms with Gasteiger partial charge in [0.15, 0.2) is 0 Å². The molecule has 2 aromatic rings. The van der Waals surface area contributed by atoms with Gasteiger partial charge in [-0.05, 0) is 60.2 Å². The summed E-state index contributed by atoms with van der Waals surface area (Å²) >= 11 is 0. The van der Waals surface area contributed by atoms with Crippen LogP contribution < -0.4 is 0 Å². The Morgan fingerprint density at radius 3 is 2.48 bits per heavy atom. The number of carbonyl (C=O) groups is 1. The van der Waals surface area contributed by atoms with Crippen molar-refractivity contribution in [3.63, 3.8) is 0 Å². The Bertz CT molecular complexity index is 704. The van der Waals surface area contributed by atoms with Crippen LogP contribution in [0.4, 0.5) is 0 Å². The van der Waals surface area contributed by atoms with E-state index >= 15 is 0 Å². The first-order valence-electron chi connectivity index (χ1n) is 6.96. The Morgan fingerprint density at radius 1 is 1.05 bits per heavy atom. The average Bonchev–Trinajstić information content (AvgIpc) is 2.95. The van der Waals surface area contributed by atoms with Crippen molar-refractivity contribution in [2.45, 2.75) is 29.9 Å². The molecule has 3 rings (SSSR count). The molecule has 3 nitrogen and oxygen atoms in total. The maximum absolute atomic E-state index is 12.4. The van der Waals surface area contributed by atoms with Crippen molar-refractivity contribution in [1.29, 1.82) is 0 Å². The first-order chi connectivity index (χ1) is 10.1. The second-order valence-corrected chi connectivity index (χ2v) is 6.73. The molecule has 0 saturated carbocycles. The minimum Gasteiger partial charge on any atom is -0.478 e. The lowest BCUT2D eigenvalue weighted by Gasteiger charge is -2.06. The summed E-state index contributed by atoms with van der Waals surface area (Å²) in [5.41, 5.74) is 4.09. The van der Waals surface area contributed by atoms with Gasteiger partial charge in [0.2, 0.25) is 0 Å². The number of carboxylic acid groups (broad SMARTS) is 1. The van der Waals surface area contributed by atoms with E-state index in [2.05, 4.69) is 12.1 Å². The van der Waals surface area contributed by atoms with E-state index in [1.54, 1.807) is 12.1 Å². The number of rotatable bonds is 4. The lowest BCUT2D eigenvalue weighted by atomic mass is 10.1. The van der Waals surface area contributed by atoms with E-state index in [1.807, 2.05) is 6.07 Å². The number of benzene rings is 2. The van der Waals surface area contributed by atoms with Gasteiger partial charge in [-0.3, -0.25) is 4.21 Å². The molecule has 4 heteroatoms. The second kappa shape index (κ2) is 5.82. The topological polar surface area (TPSA) is 54.4 Å². The van der Waals surface area contributed by atoms with Gasteiger partial charge >= 0.3 is 5.97 Å². The average molecular weight is 300 g/mol. The van der Waals surface area contributed by atoms with Crippen LogP contribution in [0.5, 0.6) is 0 Å². The van der Waals surface area contributed by atoms with Crippen LogP contribution in [0.15, 0.2) is 47.4 Å². The molecule has 2 aromatic carbocycles. The van der Waals surface area contributed by atoms with Gasteiger partial charge in [0.25, 0.3) is 0 Å². The maximum atomic E-state index is 12.4. The number of aromatic carboxylic acids is 1. The molecule has 0 amide bonds. The summed E-state index contributed by atoms with van der Waals surface area (Å²) in [4.78, 5) is 11.5. The highest BCUT2D eigenvalue weighted by Crippen LogP contribution is 2.24. The Hall–Kier alpha value is -1.94. The van der Waals surface area contributed by atoms with Crippen molar-refractivity contribution in [2.24, 2.45) is 0 Å². The summed E-state index contributed by atoms with van der Waals surface area (Å²) in [5, 5.41) is 8.86. The smallest absolute Gasteiger partial charge is 0.335 e. The van der Waals surface area contributed by atoms with Crippen LogP contribution in [0.25, 0.3) is 0 Å².